The molecule has 5 aliphatic rings. The number of rotatable bonds is 11. The van der Waals surface area contributed by atoms with Gasteiger partial charge in [0.2, 0.25) is 17.7 Å². The van der Waals surface area contributed by atoms with Crippen molar-refractivity contribution < 1.29 is 27.6 Å². The molecular weight excluding hydrogens is 864 g/mol. The summed E-state index contributed by atoms with van der Waals surface area (Å²) >= 11 is 0. The SMILES string of the molecule is CCC1(C(=O)NC2CCC2)CCN(c2ccc(-c3nc(-c4cnn(C5CCN([C@@H]6CCN(c7ccc(NC8CCC(=O)NC8=O)cc7F)CC6(F)F)CC5)c4)cn4ncc(C#N)c34)cn2)CC1. The molecule has 0 radical (unpaired) electrons. The van der Waals surface area contributed by atoms with Gasteiger partial charge < -0.3 is 20.4 Å². The molecular formula is C48H54F3N13O3. The molecule has 4 saturated heterocycles. The molecule has 1 saturated carbocycles. The van der Waals surface area contributed by atoms with E-state index < -0.39 is 36.3 Å². The fraction of sp³-hybridized carbons (Fsp3) is 0.500. The van der Waals surface area contributed by atoms with Crippen molar-refractivity contribution in [3.63, 3.8) is 0 Å². The number of carbonyl (C=O) groups excluding carboxylic acids is 3. The zero-order chi connectivity index (χ0) is 46.5. The molecule has 19 heteroatoms. The van der Waals surface area contributed by atoms with Crippen molar-refractivity contribution >= 4 is 40.4 Å². The number of hydrogen-bond donors (Lipinski definition) is 3. The molecule has 0 spiro atoms. The zero-order valence-corrected chi connectivity index (χ0v) is 37.4. The third-order valence-corrected chi connectivity index (χ3v) is 14.9. The Morgan fingerprint density at radius 3 is 2.40 bits per heavy atom. The fourth-order valence-electron chi connectivity index (χ4n) is 10.5. The largest absolute Gasteiger partial charge is 0.374 e. The Bertz CT molecular complexity index is 2710. The van der Waals surface area contributed by atoms with Crippen molar-refractivity contribution in [3.05, 3.63) is 72.7 Å². The number of halogens is 3. The highest BCUT2D eigenvalue weighted by molar-refractivity contribution is 6.01. The second kappa shape index (κ2) is 17.9. The van der Waals surface area contributed by atoms with Crippen LogP contribution in [-0.2, 0) is 14.4 Å². The van der Waals surface area contributed by atoms with Crippen LogP contribution in [0.5, 0.6) is 0 Å². The molecule has 8 heterocycles. The first kappa shape index (κ1) is 44.3. The zero-order valence-electron chi connectivity index (χ0n) is 37.4. The molecule has 3 N–H and O–H groups in total. The van der Waals surface area contributed by atoms with E-state index in [4.69, 9.17) is 15.1 Å². The second-order valence-electron chi connectivity index (χ2n) is 18.8. The van der Waals surface area contributed by atoms with E-state index in [1.807, 2.05) is 27.9 Å². The summed E-state index contributed by atoms with van der Waals surface area (Å²) in [6.45, 7) is 4.08. The number of likely N-dealkylation sites (tertiary alicyclic amines) is 1. The number of fused-ring (bicyclic) bond motifs is 1. The first-order chi connectivity index (χ1) is 32.4. The van der Waals surface area contributed by atoms with E-state index in [0.717, 1.165) is 62.1 Å². The van der Waals surface area contributed by atoms with Crippen molar-refractivity contribution in [1.29, 1.82) is 5.26 Å². The number of anilines is 3. The highest BCUT2D eigenvalue weighted by Crippen LogP contribution is 2.40. The quantitative estimate of drug-likeness (QED) is 0.130. The van der Waals surface area contributed by atoms with Gasteiger partial charge >= 0.3 is 0 Å². The smallest absolute Gasteiger partial charge is 0.280 e. The number of benzene rings is 1. The summed E-state index contributed by atoms with van der Waals surface area (Å²) in [5.74, 6) is -3.60. The lowest BCUT2D eigenvalue weighted by atomic mass is 9.74. The topological polar surface area (TPSA) is 182 Å². The van der Waals surface area contributed by atoms with Crippen LogP contribution in [0.4, 0.5) is 30.4 Å². The monoisotopic (exact) mass is 917 g/mol. The van der Waals surface area contributed by atoms with Crippen molar-refractivity contribution in [1.82, 2.24) is 44.9 Å². The summed E-state index contributed by atoms with van der Waals surface area (Å²) in [4.78, 5) is 52.3. The molecule has 1 aromatic carbocycles. The van der Waals surface area contributed by atoms with Crippen LogP contribution in [0.3, 0.4) is 0 Å². The number of nitrogens with zero attached hydrogens (tertiary/aromatic N) is 10. The highest BCUT2D eigenvalue weighted by Gasteiger charge is 2.49. The van der Waals surface area contributed by atoms with E-state index in [0.29, 0.717) is 60.1 Å². The Balaban J connectivity index is 0.776. The van der Waals surface area contributed by atoms with Crippen molar-refractivity contribution in [2.24, 2.45) is 5.41 Å². The molecule has 16 nitrogen and oxygen atoms in total. The maximum absolute atomic E-state index is 15.9. The number of nitrogens with one attached hydrogen (secondary N) is 3. The average Bonchev–Trinajstić information content (AvgIpc) is 3.99. The second-order valence-corrected chi connectivity index (χ2v) is 18.8. The van der Waals surface area contributed by atoms with E-state index >= 15 is 13.2 Å². The van der Waals surface area contributed by atoms with Gasteiger partial charge in [-0.15, -0.1) is 0 Å². The van der Waals surface area contributed by atoms with Crippen LogP contribution in [0.15, 0.2) is 61.3 Å². The Morgan fingerprint density at radius 1 is 0.925 bits per heavy atom. The Labute approximate surface area is 385 Å². The number of imide groups is 1. The van der Waals surface area contributed by atoms with E-state index in [2.05, 4.69) is 38.9 Å². The van der Waals surface area contributed by atoms with Crippen molar-refractivity contribution in [2.75, 3.05) is 54.4 Å². The lowest BCUT2D eigenvalue weighted by Gasteiger charge is -2.46. The third kappa shape index (κ3) is 8.67. The molecule has 10 rings (SSSR count). The minimum Gasteiger partial charge on any atom is -0.374 e. The van der Waals surface area contributed by atoms with Crippen LogP contribution < -0.4 is 25.8 Å². The van der Waals surface area contributed by atoms with Crippen LogP contribution in [0.25, 0.3) is 28.0 Å². The third-order valence-electron chi connectivity index (χ3n) is 14.9. The highest BCUT2D eigenvalue weighted by atomic mass is 19.3. The minimum absolute atomic E-state index is 0.0238. The predicted octanol–water partition coefficient (Wildman–Crippen LogP) is 6.10. The van der Waals surface area contributed by atoms with Gasteiger partial charge in [-0.3, -0.25) is 29.3 Å². The molecule has 4 aromatic heterocycles. The van der Waals surface area contributed by atoms with Crippen molar-refractivity contribution in [3.8, 4) is 28.6 Å². The summed E-state index contributed by atoms with van der Waals surface area (Å²) in [5, 5.41) is 27.7. The number of hydrogen-bond acceptors (Lipinski definition) is 12. The van der Waals surface area contributed by atoms with E-state index in [1.54, 1.807) is 29.2 Å². The molecule has 3 amide bonds. The maximum Gasteiger partial charge on any atom is 0.280 e. The standard InChI is InChI=1S/C48H54F3N13O3/c1-2-47(46(67)57-33-4-3-5-33)15-20-61(21-16-47)41-10-6-30(24-53-41)43-44-31(23-52)25-55-64(44)28-38(58-43)32-26-54-63(27-32)35-12-17-60(18-13-35)40-14-19-62(29-48(40,50)51)39-9-7-34(22-36(39)49)56-37-8-11-42(65)59-45(37)66/h6-7,9-10,22,24-28,33,35,37,40,56H,2-5,8,11-21,29H2,1H3,(H,57,67)(H,59,65,66)/t37?,40-/m1/s1. The van der Waals surface area contributed by atoms with Crippen LogP contribution in [0.1, 0.15) is 89.2 Å². The number of piperidine rings is 4. The predicted molar refractivity (Wildman–Crippen MR) is 244 cm³/mol. The molecule has 1 unspecified atom stereocenters. The van der Waals surface area contributed by atoms with Gasteiger partial charge in [-0.05, 0) is 94.5 Å². The van der Waals surface area contributed by atoms with Gasteiger partial charge in [0, 0.05) is 74.4 Å². The van der Waals surface area contributed by atoms with Gasteiger partial charge in [-0.2, -0.15) is 15.5 Å². The molecule has 67 heavy (non-hydrogen) atoms. The van der Waals surface area contributed by atoms with Gasteiger partial charge in [0.1, 0.15) is 34.8 Å². The Kier molecular flexibility index (Phi) is 11.8. The van der Waals surface area contributed by atoms with Crippen LogP contribution in [0.2, 0.25) is 0 Å². The summed E-state index contributed by atoms with van der Waals surface area (Å²) in [6, 6.07) is 9.00. The van der Waals surface area contributed by atoms with Crippen LogP contribution in [-0.4, -0.2) is 115 Å². The Morgan fingerprint density at radius 2 is 1.73 bits per heavy atom. The number of nitriles is 1. The first-order valence-electron chi connectivity index (χ1n) is 23.5. The fourth-order valence-corrected chi connectivity index (χ4v) is 10.5. The molecule has 2 atom stereocenters. The lowest BCUT2D eigenvalue weighted by molar-refractivity contribution is -0.134. The molecule has 5 aromatic rings. The van der Waals surface area contributed by atoms with Gasteiger partial charge in [-0.1, -0.05) is 6.92 Å². The number of carbonyl (C=O) groups is 3. The maximum atomic E-state index is 15.9. The van der Waals surface area contributed by atoms with Crippen LogP contribution >= 0.6 is 0 Å². The molecule has 1 aliphatic carbocycles. The summed E-state index contributed by atoms with van der Waals surface area (Å²) in [6.07, 6.45) is 16.2. The summed E-state index contributed by atoms with van der Waals surface area (Å²) in [7, 11) is 0. The lowest BCUT2D eigenvalue weighted by Crippen LogP contribution is -2.59. The normalized spacial score (nSPS) is 22.6. The molecule has 4 aliphatic heterocycles. The van der Waals surface area contributed by atoms with Crippen molar-refractivity contribution in [2.45, 2.75) is 108 Å². The molecule has 0 bridgehead atoms. The first-order valence-corrected chi connectivity index (χ1v) is 23.5. The van der Waals surface area contributed by atoms with Gasteiger partial charge in [0.15, 0.2) is 0 Å². The minimum atomic E-state index is -3.10. The number of alkyl halides is 2. The average molecular weight is 918 g/mol. The number of pyridine rings is 1. The summed E-state index contributed by atoms with van der Waals surface area (Å²) < 4.78 is 50.8. The van der Waals surface area contributed by atoms with Gasteiger partial charge in [0.25, 0.3) is 5.92 Å². The Hall–Kier alpha value is -6.55. The van der Waals surface area contributed by atoms with Gasteiger partial charge in [-0.25, -0.2) is 27.7 Å². The van der Waals surface area contributed by atoms with Crippen LogP contribution in [0, 0.1) is 22.6 Å². The van der Waals surface area contributed by atoms with E-state index in [-0.39, 0.29) is 54.8 Å². The van der Waals surface area contributed by atoms with E-state index in [1.165, 1.54) is 29.7 Å². The van der Waals surface area contributed by atoms with Gasteiger partial charge in [0.05, 0.1) is 59.7 Å². The van der Waals surface area contributed by atoms with E-state index in [9.17, 15) is 19.6 Å². The molecule has 5 fully saturated rings. The number of amides is 3. The number of aromatic nitrogens is 6. The summed E-state index contributed by atoms with van der Waals surface area (Å²) in [5.41, 5.74) is 3.60. The molecule has 350 valence electrons.